The molecule has 1 aromatic heterocycles. The molecule has 0 saturated carbocycles. The Morgan fingerprint density at radius 2 is 2.26 bits per heavy atom. The van der Waals surface area contributed by atoms with Gasteiger partial charge in [0.05, 0.1) is 11.6 Å². The molecule has 1 aliphatic rings. The van der Waals surface area contributed by atoms with Gasteiger partial charge < -0.3 is 0 Å². The maximum Gasteiger partial charge on any atom is 0.265 e. The van der Waals surface area contributed by atoms with Crippen molar-refractivity contribution in [3.8, 4) is 6.07 Å². The van der Waals surface area contributed by atoms with Gasteiger partial charge >= 0.3 is 0 Å². The summed E-state index contributed by atoms with van der Waals surface area (Å²) in [5.74, 6) is -0.630. The van der Waals surface area contributed by atoms with Gasteiger partial charge in [0, 0.05) is 37.6 Å². The van der Waals surface area contributed by atoms with Gasteiger partial charge in [-0.05, 0) is 17.7 Å². The number of nitriles is 1. The van der Waals surface area contributed by atoms with Crippen molar-refractivity contribution in [3.05, 3.63) is 47.0 Å². The first-order valence-electron chi connectivity index (χ1n) is 7.20. The molecule has 1 atom stereocenters. The van der Waals surface area contributed by atoms with E-state index >= 15 is 0 Å². The number of halogens is 1. The Labute approximate surface area is 137 Å². The maximum atomic E-state index is 14.8. The van der Waals surface area contributed by atoms with E-state index in [9.17, 15) is 9.18 Å². The molecule has 118 valence electrons. The number of carbonyl (C=O) groups excluding carboxylic acids is 1. The van der Waals surface area contributed by atoms with E-state index in [4.69, 9.17) is 5.26 Å². The average Bonchev–Trinajstić information content (AvgIpc) is 3.19. The molecule has 1 fully saturated rings. The van der Waals surface area contributed by atoms with Gasteiger partial charge in [-0.3, -0.25) is 15.0 Å². The summed E-state index contributed by atoms with van der Waals surface area (Å²) >= 11 is 1.27. The van der Waals surface area contributed by atoms with E-state index in [-0.39, 0.29) is 13.0 Å². The predicted octanol–water partition coefficient (Wildman–Crippen LogP) is 2.57. The fraction of sp³-hybridized carbons (Fsp3) is 0.312. The number of aromatic nitrogens is 1. The van der Waals surface area contributed by atoms with Crippen LogP contribution in [-0.2, 0) is 11.3 Å². The number of nitrogens with one attached hydrogen (secondary N) is 1. The van der Waals surface area contributed by atoms with Crippen LogP contribution in [0.1, 0.15) is 17.5 Å². The molecule has 23 heavy (non-hydrogen) atoms. The fourth-order valence-electron chi connectivity index (χ4n) is 2.61. The van der Waals surface area contributed by atoms with Crippen molar-refractivity contribution in [2.75, 3.05) is 18.4 Å². The van der Waals surface area contributed by atoms with Gasteiger partial charge in [-0.25, -0.2) is 9.37 Å². The minimum atomic E-state index is -1.89. The second-order valence-electron chi connectivity index (χ2n) is 5.53. The zero-order valence-corrected chi connectivity index (χ0v) is 13.1. The molecule has 1 amide bonds. The zero-order valence-electron chi connectivity index (χ0n) is 12.3. The molecule has 0 bridgehead atoms. The molecule has 5 nitrogen and oxygen atoms in total. The summed E-state index contributed by atoms with van der Waals surface area (Å²) in [6.07, 6.45) is 1.73. The van der Waals surface area contributed by atoms with Gasteiger partial charge in [0.25, 0.3) is 5.91 Å². The monoisotopic (exact) mass is 330 g/mol. The highest BCUT2D eigenvalue weighted by Crippen LogP contribution is 2.28. The molecule has 1 N–H and O–H groups in total. The first-order valence-corrected chi connectivity index (χ1v) is 8.08. The third-order valence-corrected chi connectivity index (χ3v) is 4.54. The Kier molecular flexibility index (Phi) is 4.37. The summed E-state index contributed by atoms with van der Waals surface area (Å²) in [5, 5.41) is 13.5. The number of nitrogens with zero attached hydrogens (tertiary/aromatic N) is 3. The minimum absolute atomic E-state index is 0.0597. The van der Waals surface area contributed by atoms with Crippen LogP contribution in [0.5, 0.6) is 0 Å². The summed E-state index contributed by atoms with van der Waals surface area (Å²) in [6.45, 7) is 1.13. The molecule has 2 heterocycles. The van der Waals surface area contributed by atoms with Crippen molar-refractivity contribution in [1.82, 2.24) is 9.88 Å². The molecular formula is C16H15FN4OS. The van der Waals surface area contributed by atoms with E-state index in [1.54, 1.807) is 23.7 Å². The number of hydrogen-bond donors (Lipinski definition) is 1. The van der Waals surface area contributed by atoms with Gasteiger partial charge in [0.15, 0.2) is 5.13 Å². The van der Waals surface area contributed by atoms with E-state index in [0.29, 0.717) is 23.8 Å². The summed E-state index contributed by atoms with van der Waals surface area (Å²) in [7, 11) is 0. The highest BCUT2D eigenvalue weighted by atomic mass is 32.1. The maximum absolute atomic E-state index is 14.8. The Balaban J connectivity index is 1.60. The van der Waals surface area contributed by atoms with Gasteiger partial charge in [-0.1, -0.05) is 12.1 Å². The highest BCUT2D eigenvalue weighted by Gasteiger charge is 2.45. The number of rotatable bonds is 4. The Morgan fingerprint density at radius 3 is 2.91 bits per heavy atom. The molecule has 3 rings (SSSR count). The molecule has 1 unspecified atom stereocenters. The number of benzene rings is 1. The molecule has 0 aliphatic carbocycles. The standard InChI is InChI=1S/C16H15FN4OS/c17-16(14(22)20-15-19-6-8-23-15)5-7-21(11-16)10-13-3-1-12(9-18)2-4-13/h1-4,6,8H,5,7,10-11H2,(H,19,20,22). The molecule has 1 aromatic carbocycles. The molecule has 1 saturated heterocycles. The lowest BCUT2D eigenvalue weighted by Crippen LogP contribution is -2.41. The van der Waals surface area contributed by atoms with Crippen molar-refractivity contribution in [2.24, 2.45) is 0 Å². The van der Waals surface area contributed by atoms with Crippen molar-refractivity contribution >= 4 is 22.4 Å². The van der Waals surface area contributed by atoms with Crippen molar-refractivity contribution < 1.29 is 9.18 Å². The quantitative estimate of drug-likeness (QED) is 0.935. The molecule has 1 aliphatic heterocycles. The number of alkyl halides is 1. The lowest BCUT2D eigenvalue weighted by molar-refractivity contribution is -0.126. The van der Waals surface area contributed by atoms with Crippen molar-refractivity contribution in [1.29, 1.82) is 5.26 Å². The highest BCUT2D eigenvalue weighted by molar-refractivity contribution is 7.13. The number of anilines is 1. The van der Waals surface area contributed by atoms with E-state index in [0.717, 1.165) is 5.56 Å². The number of amides is 1. The molecule has 0 radical (unpaired) electrons. The first kappa shape index (κ1) is 15.6. The van der Waals surface area contributed by atoms with E-state index in [2.05, 4.69) is 16.4 Å². The van der Waals surface area contributed by atoms with Gasteiger partial charge in [-0.2, -0.15) is 5.26 Å². The third kappa shape index (κ3) is 3.55. The molecular weight excluding hydrogens is 315 g/mol. The third-order valence-electron chi connectivity index (χ3n) is 3.85. The van der Waals surface area contributed by atoms with Gasteiger partial charge in [0.1, 0.15) is 0 Å². The zero-order chi connectivity index (χ0) is 16.3. The topological polar surface area (TPSA) is 69.0 Å². The smallest absolute Gasteiger partial charge is 0.265 e. The van der Waals surface area contributed by atoms with Crippen molar-refractivity contribution in [2.45, 2.75) is 18.6 Å². The second-order valence-corrected chi connectivity index (χ2v) is 6.42. The number of thiazole rings is 1. The number of likely N-dealkylation sites (tertiary alicyclic amines) is 1. The summed E-state index contributed by atoms with van der Waals surface area (Å²) in [6, 6.07) is 9.25. The van der Waals surface area contributed by atoms with Crippen LogP contribution in [0.15, 0.2) is 35.8 Å². The van der Waals surface area contributed by atoms with Crippen LogP contribution >= 0.6 is 11.3 Å². The van der Waals surface area contributed by atoms with Crippen LogP contribution in [0.2, 0.25) is 0 Å². The lowest BCUT2D eigenvalue weighted by Gasteiger charge is -2.19. The van der Waals surface area contributed by atoms with Crippen LogP contribution in [0, 0.1) is 11.3 Å². The molecule has 0 spiro atoms. The van der Waals surface area contributed by atoms with Crippen LogP contribution in [0.25, 0.3) is 0 Å². The summed E-state index contributed by atoms with van der Waals surface area (Å²) in [5.41, 5.74) is -0.301. The van der Waals surface area contributed by atoms with Gasteiger partial charge in [0.2, 0.25) is 5.67 Å². The number of carbonyl (C=O) groups is 1. The summed E-state index contributed by atoms with van der Waals surface area (Å²) in [4.78, 5) is 18.0. The second kappa shape index (κ2) is 6.44. The molecule has 2 aromatic rings. The normalized spacial score (nSPS) is 21.0. The van der Waals surface area contributed by atoms with E-state index in [1.165, 1.54) is 11.3 Å². The van der Waals surface area contributed by atoms with Gasteiger partial charge in [-0.15, -0.1) is 11.3 Å². The first-order chi connectivity index (χ1) is 11.1. The fourth-order valence-corrected chi connectivity index (χ4v) is 3.13. The largest absolute Gasteiger partial charge is 0.299 e. The Morgan fingerprint density at radius 1 is 1.48 bits per heavy atom. The SMILES string of the molecule is N#Cc1ccc(CN2CCC(F)(C(=O)Nc3nccs3)C2)cc1. The average molecular weight is 330 g/mol. The Bertz CT molecular complexity index is 726. The molecule has 7 heteroatoms. The minimum Gasteiger partial charge on any atom is -0.299 e. The lowest BCUT2D eigenvalue weighted by atomic mass is 10.1. The van der Waals surface area contributed by atoms with E-state index < -0.39 is 11.6 Å². The van der Waals surface area contributed by atoms with E-state index in [1.807, 2.05) is 17.0 Å². The summed E-state index contributed by atoms with van der Waals surface area (Å²) < 4.78 is 14.8. The van der Waals surface area contributed by atoms with Crippen LogP contribution in [0.3, 0.4) is 0 Å². The number of hydrogen-bond acceptors (Lipinski definition) is 5. The van der Waals surface area contributed by atoms with Crippen LogP contribution < -0.4 is 5.32 Å². The van der Waals surface area contributed by atoms with Crippen LogP contribution in [0.4, 0.5) is 9.52 Å². The predicted molar refractivity (Wildman–Crippen MR) is 85.6 cm³/mol. The van der Waals surface area contributed by atoms with Crippen LogP contribution in [-0.4, -0.2) is 34.5 Å². The van der Waals surface area contributed by atoms with Crippen molar-refractivity contribution in [3.63, 3.8) is 0 Å². The Hall–Kier alpha value is -2.30.